The van der Waals surface area contributed by atoms with Crippen molar-refractivity contribution in [2.45, 2.75) is 15.4 Å². The van der Waals surface area contributed by atoms with Crippen molar-refractivity contribution < 1.29 is 9.47 Å². The molecule has 0 amide bonds. The van der Waals surface area contributed by atoms with Crippen molar-refractivity contribution in [2.24, 2.45) is 0 Å². The van der Waals surface area contributed by atoms with E-state index in [1.54, 1.807) is 0 Å². The van der Waals surface area contributed by atoms with Gasteiger partial charge in [0.05, 0.1) is 13.2 Å². The van der Waals surface area contributed by atoms with Crippen LogP contribution in [0.5, 0.6) is 0 Å². The van der Waals surface area contributed by atoms with Crippen molar-refractivity contribution in [1.29, 1.82) is 0 Å². The van der Waals surface area contributed by atoms with Crippen molar-refractivity contribution in [2.75, 3.05) is 13.2 Å². The molecule has 2 atom stereocenters. The summed E-state index contributed by atoms with van der Waals surface area (Å²) < 4.78 is 10.6. The lowest BCUT2D eigenvalue weighted by atomic mass is 10.6. The van der Waals surface area contributed by atoms with E-state index in [0.29, 0.717) is 0 Å². The molecule has 2 fully saturated rings. The lowest BCUT2D eigenvalue weighted by Gasteiger charge is -2.08. The van der Waals surface area contributed by atoms with Gasteiger partial charge in [-0.3, -0.25) is 0 Å². The molecule has 0 spiro atoms. The fourth-order valence-electron chi connectivity index (χ4n) is 1.02. The maximum atomic E-state index is 5.35. The average molecular weight is 258 g/mol. The van der Waals surface area contributed by atoms with Crippen LogP contribution >= 0.6 is 31.9 Å². The first kappa shape index (κ1) is 6.58. The molecule has 2 nitrogen and oxygen atoms in total. The molecule has 2 aliphatic rings. The van der Waals surface area contributed by atoms with Gasteiger partial charge in [-0.1, -0.05) is 31.9 Å². The third kappa shape index (κ3) is 0.878. The van der Waals surface area contributed by atoms with E-state index in [0.717, 1.165) is 13.2 Å². The fourth-order valence-corrected chi connectivity index (χ4v) is 2.24. The molecule has 0 aromatic carbocycles. The molecule has 4 heteroatoms. The van der Waals surface area contributed by atoms with Gasteiger partial charge in [0.1, 0.15) is 15.4 Å². The van der Waals surface area contributed by atoms with Gasteiger partial charge in [0.25, 0.3) is 0 Å². The van der Waals surface area contributed by atoms with Crippen molar-refractivity contribution >= 4 is 31.9 Å². The molecule has 2 rings (SSSR count). The highest BCUT2D eigenvalue weighted by atomic mass is 79.9. The smallest absolute Gasteiger partial charge is 0.138 e. The Morgan fingerprint density at radius 2 is 1.56 bits per heavy atom. The van der Waals surface area contributed by atoms with Gasteiger partial charge in [-0.25, -0.2) is 0 Å². The first-order valence-corrected chi connectivity index (χ1v) is 4.42. The molecule has 52 valence electrons. The normalized spacial score (nSPS) is 46.0. The first-order valence-electron chi connectivity index (χ1n) is 2.84. The zero-order valence-electron chi connectivity index (χ0n) is 4.64. The van der Waals surface area contributed by atoms with Crippen molar-refractivity contribution in [3.8, 4) is 0 Å². The van der Waals surface area contributed by atoms with Gasteiger partial charge in [0.2, 0.25) is 0 Å². The Bertz CT molecular complexity index is 123. The minimum atomic E-state index is -0.0729. The minimum absolute atomic E-state index is 0.0729. The van der Waals surface area contributed by atoms with Crippen LogP contribution in [0, 0.1) is 0 Å². The quantitative estimate of drug-likeness (QED) is 0.609. The number of hydrogen-bond acceptors (Lipinski definition) is 2. The molecular formula is C5H6Br2O2. The summed E-state index contributed by atoms with van der Waals surface area (Å²) in [6.07, 6.45) is 0.456. The Hall–Kier alpha value is 0.880. The summed E-state index contributed by atoms with van der Waals surface area (Å²) >= 11 is 6.89. The Labute approximate surface area is 70.1 Å². The number of rotatable bonds is 0. The van der Waals surface area contributed by atoms with Crippen LogP contribution in [0.2, 0.25) is 0 Å². The van der Waals surface area contributed by atoms with E-state index in [9.17, 15) is 0 Å². The van der Waals surface area contributed by atoms with Crippen molar-refractivity contribution in [3.05, 3.63) is 0 Å². The molecule has 0 N–H and O–H groups in total. The summed E-state index contributed by atoms with van der Waals surface area (Å²) in [5, 5.41) is 0. The highest BCUT2D eigenvalue weighted by Crippen LogP contribution is 2.55. The van der Waals surface area contributed by atoms with Crippen LogP contribution < -0.4 is 0 Å². The maximum absolute atomic E-state index is 5.35. The molecule has 9 heavy (non-hydrogen) atoms. The number of ether oxygens (including phenoxy) is 2. The molecule has 0 aromatic heterocycles. The molecule has 1 saturated carbocycles. The lowest BCUT2D eigenvalue weighted by Crippen LogP contribution is -2.16. The monoisotopic (exact) mass is 256 g/mol. The van der Waals surface area contributed by atoms with Crippen LogP contribution in [0.3, 0.4) is 0 Å². The Morgan fingerprint density at radius 1 is 1.11 bits per heavy atom. The van der Waals surface area contributed by atoms with E-state index in [2.05, 4.69) is 31.9 Å². The third-order valence-corrected chi connectivity index (χ3v) is 3.41. The summed E-state index contributed by atoms with van der Waals surface area (Å²) in [4.78, 5) is 0. The number of fused-ring (bicyclic) bond motifs is 1. The minimum Gasteiger partial charge on any atom is -0.371 e. The highest BCUT2D eigenvalue weighted by Gasteiger charge is 2.66. The largest absolute Gasteiger partial charge is 0.371 e. The van der Waals surface area contributed by atoms with E-state index in [1.807, 2.05) is 0 Å². The molecule has 0 bridgehead atoms. The predicted molar refractivity (Wildman–Crippen MR) is 40.1 cm³/mol. The van der Waals surface area contributed by atoms with Crippen LogP contribution in [0.25, 0.3) is 0 Å². The number of alkyl halides is 2. The molecule has 0 radical (unpaired) electrons. The van der Waals surface area contributed by atoms with Crippen LogP contribution in [0.15, 0.2) is 0 Å². The fraction of sp³-hybridized carbons (Fsp3) is 1.00. The SMILES string of the molecule is BrC1(Br)C2OCCOC21. The van der Waals surface area contributed by atoms with Gasteiger partial charge in [-0.15, -0.1) is 0 Å². The van der Waals surface area contributed by atoms with Crippen LogP contribution in [-0.2, 0) is 9.47 Å². The summed E-state index contributed by atoms with van der Waals surface area (Å²) in [6, 6.07) is 0. The van der Waals surface area contributed by atoms with Crippen LogP contribution in [-0.4, -0.2) is 28.7 Å². The van der Waals surface area contributed by atoms with Gasteiger partial charge >= 0.3 is 0 Å². The van der Waals surface area contributed by atoms with Crippen molar-refractivity contribution in [1.82, 2.24) is 0 Å². The maximum Gasteiger partial charge on any atom is 0.138 e. The molecule has 1 saturated heterocycles. The summed E-state index contributed by atoms with van der Waals surface area (Å²) in [6.45, 7) is 1.44. The summed E-state index contributed by atoms with van der Waals surface area (Å²) in [7, 11) is 0. The first-order chi connectivity index (χ1) is 4.23. The van der Waals surface area contributed by atoms with E-state index < -0.39 is 0 Å². The summed E-state index contributed by atoms with van der Waals surface area (Å²) in [5.41, 5.74) is 0. The molecule has 1 heterocycles. The summed E-state index contributed by atoms with van der Waals surface area (Å²) in [5.74, 6) is 0. The van der Waals surface area contributed by atoms with Gasteiger partial charge in [-0.05, 0) is 0 Å². The Kier molecular flexibility index (Phi) is 1.42. The Morgan fingerprint density at radius 3 is 1.89 bits per heavy atom. The number of halogens is 2. The lowest BCUT2D eigenvalue weighted by molar-refractivity contribution is -0.0376. The topological polar surface area (TPSA) is 18.5 Å². The van der Waals surface area contributed by atoms with E-state index in [-0.39, 0.29) is 15.4 Å². The molecule has 1 aliphatic heterocycles. The van der Waals surface area contributed by atoms with E-state index in [4.69, 9.17) is 9.47 Å². The zero-order chi connectivity index (χ0) is 6.48. The molecule has 2 unspecified atom stereocenters. The molecular weight excluding hydrogens is 252 g/mol. The second kappa shape index (κ2) is 1.94. The van der Waals surface area contributed by atoms with E-state index in [1.165, 1.54) is 0 Å². The predicted octanol–water partition coefficient (Wildman–Crippen LogP) is 1.27. The average Bonchev–Trinajstić information content (AvgIpc) is 2.39. The Balaban J connectivity index is 2.06. The van der Waals surface area contributed by atoms with Gasteiger partial charge < -0.3 is 9.47 Å². The van der Waals surface area contributed by atoms with Crippen LogP contribution in [0.1, 0.15) is 0 Å². The van der Waals surface area contributed by atoms with Crippen LogP contribution in [0.4, 0.5) is 0 Å². The van der Waals surface area contributed by atoms with Gasteiger partial charge in [-0.2, -0.15) is 0 Å². The molecule has 0 aromatic rings. The van der Waals surface area contributed by atoms with Gasteiger partial charge in [0, 0.05) is 0 Å². The van der Waals surface area contributed by atoms with Gasteiger partial charge in [0.15, 0.2) is 0 Å². The third-order valence-electron chi connectivity index (χ3n) is 1.60. The standard InChI is InChI=1S/C5H6Br2O2/c6-5(7)3-4(5)9-2-1-8-3/h3-4H,1-2H2. The zero-order valence-corrected chi connectivity index (χ0v) is 7.81. The molecule has 1 aliphatic carbocycles. The second-order valence-electron chi connectivity index (χ2n) is 2.26. The second-order valence-corrected chi connectivity index (χ2v) is 5.95. The number of hydrogen-bond donors (Lipinski definition) is 0. The van der Waals surface area contributed by atoms with E-state index >= 15 is 0 Å². The van der Waals surface area contributed by atoms with Crippen molar-refractivity contribution in [3.63, 3.8) is 0 Å². The highest BCUT2D eigenvalue weighted by molar-refractivity contribution is 9.25.